The normalized spacial score (nSPS) is 12.0. The van der Waals surface area contributed by atoms with E-state index in [9.17, 15) is 14.4 Å². The molecule has 0 saturated carbocycles. The van der Waals surface area contributed by atoms with Gasteiger partial charge in [0, 0.05) is 19.3 Å². The van der Waals surface area contributed by atoms with Crippen LogP contribution in [0.4, 0.5) is 0 Å². The Bertz CT molecular complexity index is 1130. The first-order valence-corrected chi connectivity index (χ1v) is 33.2. The number of hydrogen-bond acceptors (Lipinski definition) is 6. The Hall–Kier alpha value is -1.85. The summed E-state index contributed by atoms with van der Waals surface area (Å²) in [5.41, 5.74) is 0. The summed E-state index contributed by atoms with van der Waals surface area (Å²) in [5.74, 6) is -0.835. The monoisotopic (exact) mass is 1030 g/mol. The highest BCUT2D eigenvalue weighted by molar-refractivity contribution is 5.71. The van der Waals surface area contributed by atoms with Crippen molar-refractivity contribution in [3.8, 4) is 0 Å². The predicted molar refractivity (Wildman–Crippen MR) is 317 cm³/mol. The van der Waals surface area contributed by atoms with E-state index in [0.717, 1.165) is 57.8 Å². The van der Waals surface area contributed by atoms with Gasteiger partial charge in [-0.3, -0.25) is 14.4 Å². The Kier molecular flexibility index (Phi) is 61.1. The molecule has 6 heteroatoms. The van der Waals surface area contributed by atoms with Crippen LogP contribution in [0, 0.1) is 0 Å². The summed E-state index contributed by atoms with van der Waals surface area (Å²) in [5, 5.41) is 0. The summed E-state index contributed by atoms with van der Waals surface area (Å²) in [7, 11) is 0. The molecule has 0 aliphatic rings. The molecule has 0 aromatic carbocycles. The molecule has 0 spiro atoms. The third-order valence-corrected chi connectivity index (χ3v) is 15.3. The maximum absolute atomic E-state index is 12.8. The SMILES string of the molecule is CCCCCCCCCC/C=C\CCCCCCCCCCCCCCCCCCCCCC(=O)OCC(COC(=O)CCCCCCCCCCCCC)OC(=O)CCCCCCCCCCCCCCC. The second-order valence-electron chi connectivity index (χ2n) is 22.7. The Morgan fingerprint density at radius 3 is 0.685 bits per heavy atom. The van der Waals surface area contributed by atoms with E-state index in [2.05, 4.69) is 32.9 Å². The number of allylic oxidation sites excluding steroid dienone is 2. The van der Waals surface area contributed by atoms with Crippen LogP contribution in [-0.2, 0) is 28.6 Å². The summed E-state index contributed by atoms with van der Waals surface area (Å²) in [6.07, 6.45) is 73.9. The smallest absolute Gasteiger partial charge is 0.306 e. The van der Waals surface area contributed by atoms with Crippen molar-refractivity contribution >= 4 is 17.9 Å². The van der Waals surface area contributed by atoms with Gasteiger partial charge in [0.05, 0.1) is 0 Å². The topological polar surface area (TPSA) is 78.9 Å². The largest absolute Gasteiger partial charge is 0.462 e. The highest BCUT2D eigenvalue weighted by Gasteiger charge is 2.19. The molecule has 0 aromatic heterocycles. The number of hydrogen-bond donors (Lipinski definition) is 0. The first-order chi connectivity index (χ1) is 36.0. The van der Waals surface area contributed by atoms with Gasteiger partial charge in [0.1, 0.15) is 13.2 Å². The summed E-state index contributed by atoms with van der Waals surface area (Å²) >= 11 is 0. The molecule has 0 rings (SSSR count). The standard InChI is InChI=1S/C67H128O6/c1-4-7-10-13-16-19-22-24-25-26-27-28-29-30-31-32-33-34-35-36-37-38-39-40-41-43-45-48-51-54-57-60-66(69)72-63-64(62-71-65(68)59-56-53-50-47-44-21-18-15-12-9-6-3)73-67(70)61-58-55-52-49-46-42-23-20-17-14-11-8-5-2/h26-27,64H,4-25,28-63H2,1-3H3/b27-26-. The number of unbranched alkanes of at least 4 members (excludes halogenated alkanes) is 49. The molecule has 0 fully saturated rings. The molecule has 0 aliphatic heterocycles. The Morgan fingerprint density at radius 1 is 0.260 bits per heavy atom. The van der Waals surface area contributed by atoms with Crippen molar-refractivity contribution in [2.45, 2.75) is 386 Å². The second-order valence-corrected chi connectivity index (χ2v) is 22.7. The molecule has 0 N–H and O–H groups in total. The van der Waals surface area contributed by atoms with Crippen molar-refractivity contribution in [2.75, 3.05) is 13.2 Å². The van der Waals surface area contributed by atoms with Crippen molar-refractivity contribution < 1.29 is 28.6 Å². The highest BCUT2D eigenvalue weighted by atomic mass is 16.6. The van der Waals surface area contributed by atoms with Crippen LogP contribution in [-0.4, -0.2) is 37.2 Å². The third-order valence-electron chi connectivity index (χ3n) is 15.3. The Balaban J connectivity index is 4.03. The van der Waals surface area contributed by atoms with Crippen LogP contribution in [0.1, 0.15) is 380 Å². The molecule has 432 valence electrons. The van der Waals surface area contributed by atoms with Crippen LogP contribution >= 0.6 is 0 Å². The Morgan fingerprint density at radius 2 is 0.452 bits per heavy atom. The molecular weight excluding hydrogens is 901 g/mol. The van der Waals surface area contributed by atoms with Crippen LogP contribution in [0.15, 0.2) is 12.2 Å². The third kappa shape index (κ3) is 60.9. The number of ether oxygens (including phenoxy) is 3. The summed E-state index contributed by atoms with van der Waals surface area (Å²) in [6.45, 7) is 6.70. The lowest BCUT2D eigenvalue weighted by Gasteiger charge is -2.18. The highest BCUT2D eigenvalue weighted by Crippen LogP contribution is 2.18. The van der Waals surface area contributed by atoms with Crippen LogP contribution < -0.4 is 0 Å². The fraction of sp³-hybridized carbons (Fsp3) is 0.925. The van der Waals surface area contributed by atoms with Crippen LogP contribution in [0.2, 0.25) is 0 Å². The zero-order valence-corrected chi connectivity index (χ0v) is 49.7. The summed E-state index contributed by atoms with van der Waals surface area (Å²) in [4.78, 5) is 38.2. The molecule has 0 radical (unpaired) electrons. The maximum Gasteiger partial charge on any atom is 0.306 e. The zero-order chi connectivity index (χ0) is 52.9. The molecule has 0 bridgehead atoms. The minimum Gasteiger partial charge on any atom is -0.462 e. The lowest BCUT2D eigenvalue weighted by molar-refractivity contribution is -0.167. The van der Waals surface area contributed by atoms with Gasteiger partial charge < -0.3 is 14.2 Å². The first kappa shape index (κ1) is 71.2. The lowest BCUT2D eigenvalue weighted by Crippen LogP contribution is -2.30. The Labute approximate surface area is 456 Å². The van der Waals surface area contributed by atoms with Crippen molar-refractivity contribution in [2.24, 2.45) is 0 Å². The molecule has 0 amide bonds. The van der Waals surface area contributed by atoms with E-state index in [0.29, 0.717) is 19.3 Å². The molecule has 0 aliphatic carbocycles. The molecule has 6 nitrogen and oxygen atoms in total. The molecule has 0 aromatic rings. The van der Waals surface area contributed by atoms with E-state index < -0.39 is 6.10 Å². The van der Waals surface area contributed by atoms with Gasteiger partial charge in [-0.15, -0.1) is 0 Å². The van der Waals surface area contributed by atoms with Crippen molar-refractivity contribution in [1.29, 1.82) is 0 Å². The van der Waals surface area contributed by atoms with E-state index in [1.807, 2.05) is 0 Å². The van der Waals surface area contributed by atoms with Gasteiger partial charge in [-0.05, 0) is 44.9 Å². The number of rotatable bonds is 62. The minimum atomic E-state index is -0.763. The van der Waals surface area contributed by atoms with E-state index in [-0.39, 0.29) is 31.1 Å². The number of carbonyl (C=O) groups excluding carboxylic acids is 3. The van der Waals surface area contributed by atoms with E-state index in [1.54, 1.807) is 0 Å². The van der Waals surface area contributed by atoms with E-state index >= 15 is 0 Å². The minimum absolute atomic E-state index is 0.0625. The number of esters is 3. The van der Waals surface area contributed by atoms with Crippen LogP contribution in [0.5, 0.6) is 0 Å². The first-order valence-electron chi connectivity index (χ1n) is 33.2. The zero-order valence-electron chi connectivity index (χ0n) is 49.7. The van der Waals surface area contributed by atoms with Gasteiger partial charge in [0.25, 0.3) is 0 Å². The van der Waals surface area contributed by atoms with Crippen molar-refractivity contribution in [3.05, 3.63) is 12.2 Å². The number of carbonyl (C=O) groups is 3. The van der Waals surface area contributed by atoms with Gasteiger partial charge in [-0.1, -0.05) is 328 Å². The van der Waals surface area contributed by atoms with Gasteiger partial charge in [-0.25, -0.2) is 0 Å². The fourth-order valence-electron chi connectivity index (χ4n) is 10.3. The molecular formula is C67H128O6. The summed E-state index contributed by atoms with van der Waals surface area (Å²) in [6, 6.07) is 0. The molecule has 0 heterocycles. The lowest BCUT2D eigenvalue weighted by atomic mass is 10.0. The van der Waals surface area contributed by atoms with Crippen LogP contribution in [0.3, 0.4) is 0 Å². The van der Waals surface area contributed by atoms with Gasteiger partial charge in [0.2, 0.25) is 0 Å². The molecule has 1 atom stereocenters. The van der Waals surface area contributed by atoms with Crippen molar-refractivity contribution in [3.63, 3.8) is 0 Å². The molecule has 0 saturated heterocycles. The van der Waals surface area contributed by atoms with Gasteiger partial charge >= 0.3 is 17.9 Å². The second kappa shape index (κ2) is 62.7. The summed E-state index contributed by atoms with van der Waals surface area (Å²) < 4.78 is 16.9. The van der Waals surface area contributed by atoms with E-state index in [4.69, 9.17) is 14.2 Å². The average Bonchev–Trinajstić information content (AvgIpc) is 3.39. The predicted octanol–water partition coefficient (Wildman–Crippen LogP) is 22.4. The molecule has 1 unspecified atom stereocenters. The molecule has 73 heavy (non-hydrogen) atoms. The maximum atomic E-state index is 12.8. The van der Waals surface area contributed by atoms with E-state index in [1.165, 1.54) is 283 Å². The van der Waals surface area contributed by atoms with Gasteiger partial charge in [0.15, 0.2) is 6.10 Å². The quantitative estimate of drug-likeness (QED) is 0.0261. The van der Waals surface area contributed by atoms with Gasteiger partial charge in [-0.2, -0.15) is 0 Å². The average molecular weight is 1030 g/mol. The fourth-order valence-corrected chi connectivity index (χ4v) is 10.3. The van der Waals surface area contributed by atoms with Crippen molar-refractivity contribution in [1.82, 2.24) is 0 Å². The van der Waals surface area contributed by atoms with Crippen LogP contribution in [0.25, 0.3) is 0 Å².